The molecule has 0 aliphatic carbocycles. The molecule has 0 unspecified atom stereocenters. The van der Waals surface area contributed by atoms with Gasteiger partial charge < -0.3 is 0 Å². The summed E-state index contributed by atoms with van der Waals surface area (Å²) in [4.78, 5) is 0.284. The summed E-state index contributed by atoms with van der Waals surface area (Å²) in [5, 5.41) is 8.35. The van der Waals surface area contributed by atoms with Crippen molar-refractivity contribution >= 4 is 52.4 Å². The van der Waals surface area contributed by atoms with Crippen molar-refractivity contribution in [1.29, 1.82) is 0 Å². The Morgan fingerprint density at radius 1 is 0.897 bits per heavy atom. The zero-order valence-corrected chi connectivity index (χ0v) is 19.2. The molecule has 0 fully saturated rings. The Bertz CT molecular complexity index is 1190. The molecule has 0 saturated carbocycles. The first-order chi connectivity index (χ1) is 13.7. The fourth-order valence-corrected chi connectivity index (χ4v) is 5.54. The lowest BCUT2D eigenvalue weighted by Crippen LogP contribution is -2.25. The predicted octanol–water partition coefficient (Wildman–Crippen LogP) is 2.93. The van der Waals surface area contributed by atoms with Crippen LogP contribution in [0.15, 0.2) is 62.8 Å². The third-order valence-corrected chi connectivity index (χ3v) is 8.16. The SMILES string of the molecule is Cc1ccc(S(=O)(=O)NCCc2nnc(NS(=O)(=O)c3ccc(Br)cc3)s2)cc1. The lowest BCUT2D eigenvalue weighted by atomic mass is 10.2. The number of nitrogens with zero attached hydrogens (tertiary/aromatic N) is 2. The molecule has 29 heavy (non-hydrogen) atoms. The molecule has 3 rings (SSSR count). The Labute approximate surface area is 181 Å². The van der Waals surface area contributed by atoms with Gasteiger partial charge in [0.05, 0.1) is 9.79 Å². The lowest BCUT2D eigenvalue weighted by Gasteiger charge is -2.06. The largest absolute Gasteiger partial charge is 0.263 e. The van der Waals surface area contributed by atoms with E-state index in [1.54, 1.807) is 24.3 Å². The Hall–Kier alpha value is -1.86. The summed E-state index contributed by atoms with van der Waals surface area (Å²) in [5.74, 6) is 0. The molecule has 0 aliphatic heterocycles. The van der Waals surface area contributed by atoms with Gasteiger partial charge in [0.25, 0.3) is 10.0 Å². The minimum atomic E-state index is -3.77. The van der Waals surface area contributed by atoms with Gasteiger partial charge in [-0.25, -0.2) is 21.6 Å². The van der Waals surface area contributed by atoms with Crippen molar-refractivity contribution in [2.24, 2.45) is 0 Å². The van der Waals surface area contributed by atoms with Gasteiger partial charge in [-0.15, -0.1) is 10.2 Å². The minimum absolute atomic E-state index is 0.100. The second-order valence-corrected chi connectivity index (χ2v) is 11.4. The van der Waals surface area contributed by atoms with Crippen LogP contribution in [0.4, 0.5) is 5.13 Å². The van der Waals surface area contributed by atoms with Gasteiger partial charge >= 0.3 is 0 Å². The van der Waals surface area contributed by atoms with Crippen LogP contribution in [0.2, 0.25) is 0 Å². The zero-order chi connectivity index (χ0) is 21.1. The van der Waals surface area contributed by atoms with Crippen LogP contribution >= 0.6 is 27.3 Å². The summed E-state index contributed by atoms with van der Waals surface area (Å²) in [7, 11) is -7.39. The maximum absolute atomic E-state index is 12.4. The van der Waals surface area contributed by atoms with E-state index in [0.29, 0.717) is 5.01 Å². The number of sulfonamides is 2. The number of nitrogens with one attached hydrogen (secondary N) is 2. The van der Waals surface area contributed by atoms with Crippen LogP contribution in [0.5, 0.6) is 0 Å². The average molecular weight is 517 g/mol. The zero-order valence-electron chi connectivity index (χ0n) is 15.2. The van der Waals surface area contributed by atoms with Gasteiger partial charge in [0, 0.05) is 17.4 Å². The molecule has 12 heteroatoms. The summed E-state index contributed by atoms with van der Waals surface area (Å²) in [6, 6.07) is 12.7. The molecular weight excluding hydrogens is 500 g/mol. The summed E-state index contributed by atoms with van der Waals surface area (Å²) < 4.78 is 54.9. The summed E-state index contributed by atoms with van der Waals surface area (Å²) in [6.45, 7) is 1.99. The number of halogens is 1. The van der Waals surface area contributed by atoms with Gasteiger partial charge in [0.15, 0.2) is 0 Å². The van der Waals surface area contributed by atoms with E-state index in [9.17, 15) is 16.8 Å². The highest BCUT2D eigenvalue weighted by molar-refractivity contribution is 9.10. The van der Waals surface area contributed by atoms with Crippen molar-refractivity contribution in [3.05, 3.63) is 63.6 Å². The molecule has 0 aliphatic rings. The quantitative estimate of drug-likeness (QED) is 0.475. The predicted molar refractivity (Wildman–Crippen MR) is 115 cm³/mol. The maximum Gasteiger partial charge on any atom is 0.263 e. The number of hydrogen-bond donors (Lipinski definition) is 2. The third kappa shape index (κ3) is 5.82. The van der Waals surface area contributed by atoms with Crippen LogP contribution < -0.4 is 9.44 Å². The van der Waals surface area contributed by atoms with Gasteiger partial charge in [0.2, 0.25) is 15.2 Å². The van der Waals surface area contributed by atoms with E-state index < -0.39 is 20.0 Å². The molecule has 2 N–H and O–H groups in total. The molecular formula is C17H17BrN4O4S3. The number of benzene rings is 2. The smallest absolute Gasteiger partial charge is 0.253 e. The Kier molecular flexibility index (Phi) is 6.69. The molecule has 0 saturated heterocycles. The summed E-state index contributed by atoms with van der Waals surface area (Å²) in [6.07, 6.45) is 0.281. The number of rotatable bonds is 8. The molecule has 0 amide bonds. The fourth-order valence-electron chi connectivity index (χ4n) is 2.28. The molecule has 0 atom stereocenters. The third-order valence-electron chi connectivity index (χ3n) is 3.77. The van der Waals surface area contributed by atoms with Crippen LogP contribution in [-0.4, -0.2) is 33.6 Å². The van der Waals surface area contributed by atoms with Gasteiger partial charge in [0.1, 0.15) is 5.01 Å². The van der Waals surface area contributed by atoms with E-state index >= 15 is 0 Å². The second-order valence-electron chi connectivity index (χ2n) is 6.02. The molecule has 8 nitrogen and oxygen atoms in total. The standard InChI is InChI=1S/C17H17BrN4O4S3/c1-12-2-6-14(7-3-12)28(23,24)19-11-10-16-20-21-17(27-16)22-29(25,26)15-8-4-13(18)5-9-15/h2-9,19H,10-11H2,1H3,(H,21,22). The first-order valence-electron chi connectivity index (χ1n) is 8.33. The van der Waals surface area contributed by atoms with E-state index in [4.69, 9.17) is 0 Å². The van der Waals surface area contributed by atoms with E-state index in [1.807, 2.05) is 6.92 Å². The van der Waals surface area contributed by atoms with Crippen molar-refractivity contribution in [3.63, 3.8) is 0 Å². The van der Waals surface area contributed by atoms with E-state index in [0.717, 1.165) is 21.4 Å². The van der Waals surface area contributed by atoms with E-state index in [2.05, 4.69) is 35.6 Å². The van der Waals surface area contributed by atoms with Crippen LogP contribution in [0, 0.1) is 6.92 Å². The number of anilines is 1. The first kappa shape index (κ1) is 21.8. The van der Waals surface area contributed by atoms with Gasteiger partial charge in [-0.05, 0) is 43.3 Å². The molecule has 0 radical (unpaired) electrons. The second kappa shape index (κ2) is 8.88. The van der Waals surface area contributed by atoms with Crippen LogP contribution in [0.25, 0.3) is 0 Å². The van der Waals surface area contributed by atoms with Crippen molar-refractivity contribution in [2.75, 3.05) is 11.3 Å². The van der Waals surface area contributed by atoms with E-state index in [1.165, 1.54) is 24.3 Å². The summed E-state index contributed by atoms with van der Waals surface area (Å²) >= 11 is 4.30. The monoisotopic (exact) mass is 516 g/mol. The number of aromatic nitrogens is 2. The van der Waals surface area contributed by atoms with Crippen LogP contribution in [0.3, 0.4) is 0 Å². The molecule has 0 spiro atoms. The average Bonchev–Trinajstić information content (AvgIpc) is 3.09. The Morgan fingerprint density at radius 3 is 2.14 bits per heavy atom. The highest BCUT2D eigenvalue weighted by atomic mass is 79.9. The number of aryl methyl sites for hydroxylation is 1. The molecule has 2 aromatic carbocycles. The molecule has 0 bridgehead atoms. The number of hydrogen-bond acceptors (Lipinski definition) is 7. The molecule has 154 valence electrons. The first-order valence-corrected chi connectivity index (χ1v) is 12.9. The summed E-state index contributed by atoms with van der Waals surface area (Å²) in [5.41, 5.74) is 0.968. The van der Waals surface area contributed by atoms with Gasteiger partial charge in [-0.1, -0.05) is 45.0 Å². The van der Waals surface area contributed by atoms with Crippen molar-refractivity contribution < 1.29 is 16.8 Å². The van der Waals surface area contributed by atoms with Gasteiger partial charge in [-0.2, -0.15) is 0 Å². The van der Waals surface area contributed by atoms with Gasteiger partial charge in [-0.3, -0.25) is 4.72 Å². The topological polar surface area (TPSA) is 118 Å². The van der Waals surface area contributed by atoms with Crippen molar-refractivity contribution in [3.8, 4) is 0 Å². The molecule has 3 aromatic rings. The molecule has 1 heterocycles. The Balaban J connectivity index is 1.59. The van der Waals surface area contributed by atoms with Crippen molar-refractivity contribution in [2.45, 2.75) is 23.1 Å². The normalized spacial score (nSPS) is 12.1. The maximum atomic E-state index is 12.4. The fraction of sp³-hybridized carbons (Fsp3) is 0.176. The molecule has 1 aromatic heterocycles. The lowest BCUT2D eigenvalue weighted by molar-refractivity contribution is 0.581. The highest BCUT2D eigenvalue weighted by Gasteiger charge is 2.17. The van der Waals surface area contributed by atoms with Crippen LogP contribution in [-0.2, 0) is 26.5 Å². The highest BCUT2D eigenvalue weighted by Crippen LogP contribution is 2.21. The Morgan fingerprint density at radius 2 is 1.48 bits per heavy atom. The van der Waals surface area contributed by atoms with Crippen LogP contribution in [0.1, 0.15) is 10.6 Å². The minimum Gasteiger partial charge on any atom is -0.253 e. The van der Waals surface area contributed by atoms with E-state index in [-0.39, 0.29) is 27.9 Å². The van der Waals surface area contributed by atoms with Crippen molar-refractivity contribution in [1.82, 2.24) is 14.9 Å².